The van der Waals surface area contributed by atoms with E-state index in [1.54, 1.807) is 0 Å². The molecule has 4 nitrogen and oxygen atoms in total. The lowest BCUT2D eigenvalue weighted by Gasteiger charge is -2.21. The Labute approximate surface area is 225 Å². The van der Waals surface area contributed by atoms with Gasteiger partial charge in [-0.05, 0) is 51.8 Å². The van der Waals surface area contributed by atoms with Crippen LogP contribution in [0.1, 0.15) is 69.7 Å². The van der Waals surface area contributed by atoms with Gasteiger partial charge in [0.05, 0.1) is 11.4 Å². The first-order chi connectivity index (χ1) is 17.5. The maximum Gasteiger partial charge on any atom is 0.319 e. The van der Waals surface area contributed by atoms with E-state index in [1.807, 2.05) is 35.8 Å². The molecule has 1 unspecified atom stereocenters. The number of amides is 2. The Morgan fingerprint density at radius 1 is 0.944 bits per heavy atom. The number of urea groups is 1. The number of thioether (sulfide) groups is 2. The van der Waals surface area contributed by atoms with Gasteiger partial charge >= 0.3 is 6.03 Å². The first kappa shape index (κ1) is 28.4. The highest BCUT2D eigenvalue weighted by molar-refractivity contribution is 7.98. The van der Waals surface area contributed by atoms with Crippen LogP contribution in [0.15, 0.2) is 54.7 Å². The van der Waals surface area contributed by atoms with Crippen molar-refractivity contribution in [2.24, 2.45) is 5.92 Å². The van der Waals surface area contributed by atoms with E-state index in [0.29, 0.717) is 12.5 Å². The van der Waals surface area contributed by atoms with Gasteiger partial charge in [0.25, 0.3) is 0 Å². The number of carbonyl (C=O) groups is 1. The predicted molar refractivity (Wildman–Crippen MR) is 160 cm³/mol. The number of anilines is 1. The molecular weight excluding hydrogens is 482 g/mol. The van der Waals surface area contributed by atoms with Gasteiger partial charge < -0.3 is 10.6 Å². The van der Waals surface area contributed by atoms with E-state index >= 15 is 0 Å². The Morgan fingerprint density at radius 2 is 1.69 bits per heavy atom. The molecule has 194 valence electrons. The van der Waals surface area contributed by atoms with E-state index in [4.69, 9.17) is 0 Å². The number of hydrogen-bond acceptors (Lipinski definition) is 4. The lowest BCUT2D eigenvalue weighted by molar-refractivity contribution is 0.251. The minimum absolute atomic E-state index is 0.150. The van der Waals surface area contributed by atoms with Crippen LogP contribution in [-0.2, 0) is 11.5 Å². The Bertz CT molecular complexity index is 1070. The van der Waals surface area contributed by atoms with Gasteiger partial charge in [-0.25, -0.2) is 4.79 Å². The number of rotatable bonds is 14. The van der Waals surface area contributed by atoms with Crippen molar-refractivity contribution in [3.63, 3.8) is 0 Å². The van der Waals surface area contributed by atoms with Crippen molar-refractivity contribution in [2.75, 3.05) is 23.4 Å². The summed E-state index contributed by atoms with van der Waals surface area (Å²) >= 11 is 3.68. The molecule has 1 atom stereocenters. The molecule has 2 amide bonds. The zero-order valence-corrected chi connectivity index (χ0v) is 23.8. The molecule has 0 saturated heterocycles. The monoisotopic (exact) mass is 523 g/mol. The molecule has 2 N–H and O–H groups in total. The van der Waals surface area contributed by atoms with Crippen LogP contribution in [0.4, 0.5) is 10.5 Å². The molecule has 6 heteroatoms. The van der Waals surface area contributed by atoms with Gasteiger partial charge in [-0.1, -0.05) is 83.0 Å². The average Bonchev–Trinajstić information content (AvgIpc) is 2.88. The number of nitrogens with zero attached hydrogens (tertiary/aromatic N) is 1. The predicted octanol–water partition coefficient (Wildman–Crippen LogP) is 8.47. The van der Waals surface area contributed by atoms with Crippen molar-refractivity contribution in [3.8, 4) is 0 Å². The van der Waals surface area contributed by atoms with Crippen LogP contribution >= 0.6 is 23.5 Å². The Hall–Kier alpha value is -2.18. The first-order valence-corrected chi connectivity index (χ1v) is 15.5. The zero-order chi connectivity index (χ0) is 25.8. The molecule has 3 aromatic rings. The molecule has 36 heavy (non-hydrogen) atoms. The number of hydrogen-bond donors (Lipinski definition) is 2. The molecule has 0 saturated carbocycles. The molecule has 0 spiro atoms. The molecule has 0 fully saturated rings. The van der Waals surface area contributed by atoms with Crippen LogP contribution in [0.2, 0.25) is 0 Å². The maximum absolute atomic E-state index is 13.2. The summed E-state index contributed by atoms with van der Waals surface area (Å²) in [6.07, 6.45) is 5.26. The summed E-state index contributed by atoms with van der Waals surface area (Å²) in [5.74, 6) is 4.66. The quantitative estimate of drug-likeness (QED) is 0.222. The van der Waals surface area contributed by atoms with Gasteiger partial charge in [0, 0.05) is 30.2 Å². The second kappa shape index (κ2) is 15.2. The smallest absolute Gasteiger partial charge is 0.319 e. The van der Waals surface area contributed by atoms with Crippen LogP contribution in [0, 0.1) is 5.92 Å². The van der Waals surface area contributed by atoms with Gasteiger partial charge in [-0.2, -0.15) is 23.5 Å². The molecule has 1 heterocycles. The Kier molecular flexibility index (Phi) is 12.0. The molecule has 0 aliphatic rings. The fourth-order valence-electron chi connectivity index (χ4n) is 4.46. The zero-order valence-electron chi connectivity index (χ0n) is 22.2. The minimum Gasteiger partial charge on any atom is -0.337 e. The normalized spacial score (nSPS) is 12.1. The van der Waals surface area contributed by atoms with Gasteiger partial charge in [0.1, 0.15) is 0 Å². The number of pyridine rings is 1. The molecule has 0 aliphatic carbocycles. The summed E-state index contributed by atoms with van der Waals surface area (Å²) in [6.45, 7) is 9.46. The van der Waals surface area contributed by atoms with Crippen LogP contribution in [0.3, 0.4) is 0 Å². The summed E-state index contributed by atoms with van der Waals surface area (Å²) in [5, 5.41) is 8.91. The highest BCUT2D eigenvalue weighted by Gasteiger charge is 2.18. The third-order valence-corrected chi connectivity index (χ3v) is 8.17. The van der Waals surface area contributed by atoms with Crippen LogP contribution < -0.4 is 10.6 Å². The van der Waals surface area contributed by atoms with Gasteiger partial charge in [-0.15, -0.1) is 0 Å². The Balaban J connectivity index is 1.77. The van der Waals surface area contributed by atoms with Crippen molar-refractivity contribution >= 4 is 46.0 Å². The summed E-state index contributed by atoms with van der Waals surface area (Å²) in [7, 11) is 0. The first-order valence-electron chi connectivity index (χ1n) is 13.2. The van der Waals surface area contributed by atoms with E-state index in [9.17, 15) is 4.79 Å². The van der Waals surface area contributed by atoms with Crippen molar-refractivity contribution in [1.29, 1.82) is 0 Å². The molecule has 0 bridgehead atoms. The highest BCUT2D eigenvalue weighted by Crippen LogP contribution is 2.30. The standard InChI is InChI=1S/C30H41N3OS2/c1-5-35-20-25-17-18-31-28(21-36-6-2)29(25)33-30(34)32-19-24(14-9-11-22(3)4)27-16-10-13-23-12-7-8-15-26(23)27/h7-8,10,12-13,15-18,22,24H,5-6,9,11,14,19-21H2,1-4H3,(H2,32,33,34). The van der Waals surface area contributed by atoms with E-state index in [1.165, 1.54) is 22.8 Å². The number of nitrogens with one attached hydrogen (secondary N) is 2. The van der Waals surface area contributed by atoms with E-state index < -0.39 is 0 Å². The minimum atomic E-state index is -0.150. The third-order valence-electron chi connectivity index (χ3n) is 6.37. The van der Waals surface area contributed by atoms with Gasteiger partial charge in [0.15, 0.2) is 0 Å². The SMILES string of the molecule is CCSCc1ccnc(CSCC)c1NC(=O)NCC(CCCC(C)C)c1cccc2ccccc12. The lowest BCUT2D eigenvalue weighted by atomic mass is 9.88. The fraction of sp³-hybridized carbons (Fsp3) is 0.467. The number of carbonyl (C=O) groups excluding carboxylic acids is 1. The maximum atomic E-state index is 13.2. The summed E-state index contributed by atoms with van der Waals surface area (Å²) in [4.78, 5) is 17.8. The molecular formula is C30H41N3OS2. The highest BCUT2D eigenvalue weighted by atomic mass is 32.2. The summed E-state index contributed by atoms with van der Waals surface area (Å²) in [5.41, 5.74) is 4.28. The van der Waals surface area contributed by atoms with E-state index in [2.05, 4.69) is 85.8 Å². The lowest BCUT2D eigenvalue weighted by Crippen LogP contribution is -2.33. The summed E-state index contributed by atoms with van der Waals surface area (Å²) < 4.78 is 0. The van der Waals surface area contributed by atoms with Gasteiger partial charge in [-0.3, -0.25) is 4.98 Å². The third kappa shape index (κ3) is 8.45. The molecule has 1 aromatic heterocycles. The number of fused-ring (bicyclic) bond motifs is 1. The molecule has 0 radical (unpaired) electrons. The molecule has 3 rings (SSSR count). The van der Waals surface area contributed by atoms with Crippen molar-refractivity contribution < 1.29 is 4.79 Å². The van der Waals surface area contributed by atoms with Gasteiger partial charge in [0.2, 0.25) is 0 Å². The van der Waals surface area contributed by atoms with E-state index in [-0.39, 0.29) is 11.9 Å². The van der Waals surface area contributed by atoms with Crippen molar-refractivity contribution in [3.05, 3.63) is 71.5 Å². The molecule has 2 aromatic carbocycles. The van der Waals surface area contributed by atoms with Crippen molar-refractivity contribution in [1.82, 2.24) is 10.3 Å². The summed E-state index contributed by atoms with van der Waals surface area (Å²) in [6, 6.07) is 17.0. The average molecular weight is 524 g/mol. The van der Waals surface area contributed by atoms with Crippen LogP contribution in [0.5, 0.6) is 0 Å². The van der Waals surface area contributed by atoms with Crippen LogP contribution in [-0.4, -0.2) is 29.1 Å². The number of benzene rings is 2. The largest absolute Gasteiger partial charge is 0.337 e. The van der Waals surface area contributed by atoms with E-state index in [0.717, 1.165) is 52.8 Å². The number of aromatic nitrogens is 1. The molecule has 0 aliphatic heterocycles. The Morgan fingerprint density at radius 3 is 2.47 bits per heavy atom. The van der Waals surface area contributed by atoms with Crippen LogP contribution in [0.25, 0.3) is 10.8 Å². The fourth-order valence-corrected chi connectivity index (χ4v) is 5.74. The second-order valence-electron chi connectivity index (χ2n) is 9.49. The second-order valence-corrected chi connectivity index (χ2v) is 12.0. The topological polar surface area (TPSA) is 54.0 Å². The van der Waals surface area contributed by atoms with Crippen molar-refractivity contribution in [2.45, 2.75) is 64.4 Å².